The lowest BCUT2D eigenvalue weighted by Gasteiger charge is -2.15. The Labute approximate surface area is 104 Å². The van der Waals surface area contributed by atoms with Crippen LogP contribution in [0, 0.1) is 0 Å². The van der Waals surface area contributed by atoms with E-state index in [0.717, 1.165) is 16.6 Å². The van der Waals surface area contributed by atoms with Crippen LogP contribution in [0.25, 0.3) is 11.0 Å². The van der Waals surface area contributed by atoms with Crippen molar-refractivity contribution >= 4 is 11.0 Å². The minimum Gasteiger partial charge on any atom is -0.394 e. The molecular weight excluding hydrogens is 226 g/mol. The smallest absolute Gasteiger partial charge is 0.113 e. The summed E-state index contributed by atoms with van der Waals surface area (Å²) in [7, 11) is 0. The van der Waals surface area contributed by atoms with Crippen LogP contribution in [0.4, 0.5) is 0 Å². The molecule has 4 heteroatoms. The summed E-state index contributed by atoms with van der Waals surface area (Å²) in [5.74, 6) is 0. The van der Waals surface area contributed by atoms with E-state index < -0.39 is 0 Å². The van der Waals surface area contributed by atoms with Gasteiger partial charge in [0.2, 0.25) is 0 Å². The third-order valence-electron chi connectivity index (χ3n) is 3.03. The monoisotopic (exact) mass is 239 g/mol. The summed E-state index contributed by atoms with van der Waals surface area (Å²) in [4.78, 5) is 0. The Kier molecular flexibility index (Phi) is 2.78. The van der Waals surface area contributed by atoms with Gasteiger partial charge in [0, 0.05) is 0 Å². The Hall–Kier alpha value is -2.20. The highest BCUT2D eigenvalue weighted by molar-refractivity contribution is 5.74. The molecule has 0 aliphatic rings. The zero-order valence-corrected chi connectivity index (χ0v) is 9.77. The lowest BCUT2D eigenvalue weighted by molar-refractivity contribution is 0.242. The van der Waals surface area contributed by atoms with Crippen molar-refractivity contribution < 1.29 is 5.11 Å². The normalized spacial score (nSPS) is 12.7. The van der Waals surface area contributed by atoms with Crippen LogP contribution in [-0.4, -0.2) is 26.7 Å². The summed E-state index contributed by atoms with van der Waals surface area (Å²) in [6.45, 7) is -0.00261. The van der Waals surface area contributed by atoms with E-state index in [-0.39, 0.29) is 12.6 Å². The second-order valence-electron chi connectivity index (χ2n) is 4.13. The highest BCUT2D eigenvalue weighted by Crippen LogP contribution is 2.21. The number of hydrogen-bond acceptors (Lipinski definition) is 3. The van der Waals surface area contributed by atoms with E-state index in [1.54, 1.807) is 4.68 Å². The third-order valence-corrected chi connectivity index (χ3v) is 3.03. The maximum absolute atomic E-state index is 9.62. The molecule has 3 rings (SSSR count). The Morgan fingerprint density at radius 3 is 2.50 bits per heavy atom. The van der Waals surface area contributed by atoms with E-state index in [4.69, 9.17) is 0 Å². The number of aliphatic hydroxyl groups is 1. The predicted molar refractivity (Wildman–Crippen MR) is 69.2 cm³/mol. The van der Waals surface area contributed by atoms with Gasteiger partial charge in [-0.05, 0) is 17.7 Å². The minimum atomic E-state index is -0.196. The van der Waals surface area contributed by atoms with E-state index in [2.05, 4.69) is 10.3 Å². The van der Waals surface area contributed by atoms with Crippen LogP contribution in [0.1, 0.15) is 11.6 Å². The van der Waals surface area contributed by atoms with Gasteiger partial charge in [0.05, 0.1) is 12.1 Å². The van der Waals surface area contributed by atoms with E-state index in [0.29, 0.717) is 0 Å². The molecule has 2 aromatic carbocycles. The molecule has 0 amide bonds. The van der Waals surface area contributed by atoms with Gasteiger partial charge in [0.1, 0.15) is 11.6 Å². The molecule has 0 saturated heterocycles. The summed E-state index contributed by atoms with van der Waals surface area (Å²) in [6.07, 6.45) is 0. The predicted octanol–water partition coefficient (Wildman–Crippen LogP) is 2.01. The Morgan fingerprint density at radius 1 is 1.00 bits per heavy atom. The van der Waals surface area contributed by atoms with Crippen LogP contribution in [0.3, 0.4) is 0 Å². The molecule has 1 aromatic heterocycles. The molecule has 3 aromatic rings. The number of rotatable bonds is 3. The highest BCUT2D eigenvalue weighted by atomic mass is 16.3. The van der Waals surface area contributed by atoms with Crippen molar-refractivity contribution in [2.45, 2.75) is 6.04 Å². The van der Waals surface area contributed by atoms with Crippen molar-refractivity contribution in [2.24, 2.45) is 0 Å². The van der Waals surface area contributed by atoms with Gasteiger partial charge < -0.3 is 5.11 Å². The lowest BCUT2D eigenvalue weighted by Crippen LogP contribution is -2.16. The van der Waals surface area contributed by atoms with E-state index in [1.807, 2.05) is 54.6 Å². The summed E-state index contributed by atoms with van der Waals surface area (Å²) in [5, 5.41) is 17.9. The topological polar surface area (TPSA) is 50.9 Å². The van der Waals surface area contributed by atoms with Crippen LogP contribution in [0.2, 0.25) is 0 Å². The van der Waals surface area contributed by atoms with Gasteiger partial charge in [0.25, 0.3) is 0 Å². The van der Waals surface area contributed by atoms with Gasteiger partial charge in [-0.3, -0.25) is 0 Å². The van der Waals surface area contributed by atoms with Gasteiger partial charge in [-0.25, -0.2) is 4.68 Å². The first kappa shape index (κ1) is 10.9. The second kappa shape index (κ2) is 4.58. The molecule has 0 fully saturated rings. The van der Waals surface area contributed by atoms with Crippen molar-refractivity contribution in [3.63, 3.8) is 0 Å². The Balaban J connectivity index is 2.12. The zero-order valence-electron chi connectivity index (χ0n) is 9.77. The first-order chi connectivity index (χ1) is 8.90. The molecule has 0 aliphatic heterocycles. The van der Waals surface area contributed by atoms with Gasteiger partial charge in [-0.1, -0.05) is 47.7 Å². The highest BCUT2D eigenvalue weighted by Gasteiger charge is 2.16. The van der Waals surface area contributed by atoms with Crippen molar-refractivity contribution in [1.29, 1.82) is 0 Å². The fourth-order valence-electron chi connectivity index (χ4n) is 2.12. The average molecular weight is 239 g/mol. The van der Waals surface area contributed by atoms with Gasteiger partial charge >= 0.3 is 0 Å². The number of nitrogens with zero attached hydrogens (tertiary/aromatic N) is 3. The van der Waals surface area contributed by atoms with E-state index in [1.165, 1.54) is 0 Å². The van der Waals surface area contributed by atoms with Gasteiger partial charge in [0.15, 0.2) is 0 Å². The Morgan fingerprint density at radius 2 is 1.72 bits per heavy atom. The number of aromatic nitrogens is 3. The van der Waals surface area contributed by atoms with Crippen molar-refractivity contribution in [3.05, 3.63) is 60.2 Å². The van der Waals surface area contributed by atoms with Crippen molar-refractivity contribution in [3.8, 4) is 0 Å². The zero-order chi connectivity index (χ0) is 12.4. The van der Waals surface area contributed by atoms with E-state index >= 15 is 0 Å². The standard InChI is InChI=1S/C14H13N3O/c18-10-14(11-6-2-1-3-7-11)17-13-9-5-4-8-12(13)15-16-17/h1-9,14,18H,10H2. The first-order valence-corrected chi connectivity index (χ1v) is 5.86. The van der Waals surface area contributed by atoms with Crippen LogP contribution in [0.5, 0.6) is 0 Å². The molecule has 1 unspecified atom stereocenters. The molecule has 0 saturated carbocycles. The molecule has 0 aliphatic carbocycles. The third kappa shape index (κ3) is 1.76. The number of para-hydroxylation sites is 1. The first-order valence-electron chi connectivity index (χ1n) is 5.86. The summed E-state index contributed by atoms with van der Waals surface area (Å²) < 4.78 is 1.77. The number of hydrogen-bond donors (Lipinski definition) is 1. The summed E-state index contributed by atoms with van der Waals surface area (Å²) >= 11 is 0. The van der Waals surface area contributed by atoms with Gasteiger partial charge in [-0.2, -0.15) is 0 Å². The number of aliphatic hydroxyl groups excluding tert-OH is 1. The SMILES string of the molecule is OCC(c1ccccc1)n1nnc2ccccc21. The molecule has 4 nitrogen and oxygen atoms in total. The van der Waals surface area contributed by atoms with Crippen LogP contribution >= 0.6 is 0 Å². The fourth-order valence-corrected chi connectivity index (χ4v) is 2.12. The quantitative estimate of drug-likeness (QED) is 0.760. The molecule has 1 N–H and O–H groups in total. The Bertz CT molecular complexity index is 648. The molecule has 1 heterocycles. The van der Waals surface area contributed by atoms with Crippen LogP contribution < -0.4 is 0 Å². The lowest BCUT2D eigenvalue weighted by atomic mass is 10.1. The molecule has 0 bridgehead atoms. The average Bonchev–Trinajstić information content (AvgIpc) is 2.85. The molecule has 90 valence electrons. The van der Waals surface area contributed by atoms with E-state index in [9.17, 15) is 5.11 Å². The molecular formula is C14H13N3O. The maximum atomic E-state index is 9.62. The van der Waals surface area contributed by atoms with Crippen LogP contribution in [-0.2, 0) is 0 Å². The van der Waals surface area contributed by atoms with Crippen LogP contribution in [0.15, 0.2) is 54.6 Å². The summed E-state index contributed by atoms with van der Waals surface area (Å²) in [6, 6.07) is 17.4. The molecule has 1 atom stereocenters. The van der Waals surface area contributed by atoms with Gasteiger partial charge in [-0.15, -0.1) is 5.10 Å². The summed E-state index contributed by atoms with van der Waals surface area (Å²) in [5.41, 5.74) is 2.79. The number of benzene rings is 2. The maximum Gasteiger partial charge on any atom is 0.113 e. The molecule has 0 spiro atoms. The largest absolute Gasteiger partial charge is 0.394 e. The minimum absolute atomic E-state index is 0.00261. The molecule has 0 radical (unpaired) electrons. The van der Waals surface area contributed by atoms with Crippen molar-refractivity contribution in [2.75, 3.05) is 6.61 Å². The fraction of sp³-hybridized carbons (Fsp3) is 0.143. The molecule has 18 heavy (non-hydrogen) atoms. The second-order valence-corrected chi connectivity index (χ2v) is 4.13. The number of fused-ring (bicyclic) bond motifs is 1. The van der Waals surface area contributed by atoms with Crippen molar-refractivity contribution in [1.82, 2.24) is 15.0 Å².